The zero-order valence-electron chi connectivity index (χ0n) is 10.1. The molecule has 19 heavy (non-hydrogen) atoms. The van der Waals surface area contributed by atoms with Crippen molar-refractivity contribution in [2.45, 2.75) is 6.92 Å². The fourth-order valence-electron chi connectivity index (χ4n) is 2.12. The van der Waals surface area contributed by atoms with Gasteiger partial charge in [0.05, 0.1) is 16.7 Å². The summed E-state index contributed by atoms with van der Waals surface area (Å²) in [6.45, 7) is 1.86. The van der Waals surface area contributed by atoms with Gasteiger partial charge in [-0.1, -0.05) is 22.0 Å². The van der Waals surface area contributed by atoms with Gasteiger partial charge < -0.3 is 4.98 Å². The minimum absolute atomic E-state index is 0.278. The van der Waals surface area contributed by atoms with Gasteiger partial charge in [-0.25, -0.2) is 4.39 Å². The van der Waals surface area contributed by atoms with E-state index in [0.717, 1.165) is 21.1 Å². The van der Waals surface area contributed by atoms with Crippen molar-refractivity contribution in [2.75, 3.05) is 0 Å². The zero-order chi connectivity index (χ0) is 13.6. The molecule has 1 heterocycles. The Labute approximate surface area is 123 Å². The molecule has 1 N–H and O–H groups in total. The molecule has 96 valence electrons. The van der Waals surface area contributed by atoms with Crippen LogP contribution in [0.2, 0.25) is 0 Å². The molecule has 2 aromatic carbocycles. The highest BCUT2D eigenvalue weighted by molar-refractivity contribution is 9.10. The predicted molar refractivity (Wildman–Crippen MR) is 80.9 cm³/mol. The molecule has 0 unspecified atom stereocenters. The Morgan fingerprint density at radius 2 is 2.00 bits per heavy atom. The Balaban J connectivity index is 2.36. The van der Waals surface area contributed by atoms with Gasteiger partial charge in [0.25, 0.3) is 0 Å². The van der Waals surface area contributed by atoms with Gasteiger partial charge in [0.2, 0.25) is 0 Å². The normalized spacial score (nSPS) is 11.1. The lowest BCUT2D eigenvalue weighted by Crippen LogP contribution is -1.98. The lowest BCUT2D eigenvalue weighted by atomic mass is 10.2. The number of nitrogens with zero attached hydrogens (tertiary/aromatic N) is 1. The molecule has 3 aromatic rings. The van der Waals surface area contributed by atoms with E-state index in [-0.39, 0.29) is 5.82 Å². The quantitative estimate of drug-likeness (QED) is 0.627. The highest BCUT2D eigenvalue weighted by Gasteiger charge is 2.10. The summed E-state index contributed by atoms with van der Waals surface area (Å²) in [5.41, 5.74) is 3.08. The Hall–Kier alpha value is -1.46. The number of aryl methyl sites for hydroxylation is 1. The van der Waals surface area contributed by atoms with Crippen LogP contribution in [-0.2, 0) is 0 Å². The van der Waals surface area contributed by atoms with Gasteiger partial charge in [-0.3, -0.25) is 4.57 Å². The highest BCUT2D eigenvalue weighted by atomic mass is 79.9. The van der Waals surface area contributed by atoms with Crippen LogP contribution in [0.5, 0.6) is 0 Å². The van der Waals surface area contributed by atoms with Crippen molar-refractivity contribution in [3.05, 3.63) is 57.0 Å². The highest BCUT2D eigenvalue weighted by Crippen LogP contribution is 2.24. The lowest BCUT2D eigenvalue weighted by molar-refractivity contribution is 0.617. The van der Waals surface area contributed by atoms with E-state index < -0.39 is 0 Å². The Morgan fingerprint density at radius 1 is 1.21 bits per heavy atom. The number of aromatic amines is 1. The van der Waals surface area contributed by atoms with Crippen molar-refractivity contribution < 1.29 is 4.39 Å². The number of nitrogens with one attached hydrogen (secondary N) is 1. The van der Waals surface area contributed by atoms with Crippen LogP contribution in [0.4, 0.5) is 4.39 Å². The van der Waals surface area contributed by atoms with Crippen LogP contribution in [0.25, 0.3) is 16.7 Å². The summed E-state index contributed by atoms with van der Waals surface area (Å²) in [6, 6.07) is 10.9. The van der Waals surface area contributed by atoms with Gasteiger partial charge in [-0.15, -0.1) is 0 Å². The molecule has 2 nitrogen and oxygen atoms in total. The minimum Gasteiger partial charge on any atom is -0.330 e. The Morgan fingerprint density at radius 3 is 2.74 bits per heavy atom. The van der Waals surface area contributed by atoms with Gasteiger partial charge >= 0.3 is 0 Å². The van der Waals surface area contributed by atoms with E-state index in [2.05, 4.69) is 20.9 Å². The lowest BCUT2D eigenvalue weighted by Gasteiger charge is -2.06. The fraction of sp³-hybridized carbons (Fsp3) is 0.0714. The second-order valence-electron chi connectivity index (χ2n) is 4.38. The topological polar surface area (TPSA) is 20.7 Å². The van der Waals surface area contributed by atoms with Crippen LogP contribution < -0.4 is 0 Å². The molecule has 5 heteroatoms. The molecule has 0 saturated carbocycles. The number of aromatic nitrogens is 2. The minimum atomic E-state index is -0.278. The predicted octanol–water partition coefficient (Wildman–Crippen LogP) is 4.90. The molecule has 0 radical (unpaired) electrons. The summed E-state index contributed by atoms with van der Waals surface area (Å²) >= 11 is 8.71. The number of rotatable bonds is 1. The Bertz CT molecular complexity index is 835. The summed E-state index contributed by atoms with van der Waals surface area (Å²) in [5.74, 6) is -0.278. The number of hydrogen-bond donors (Lipinski definition) is 1. The van der Waals surface area contributed by atoms with E-state index in [1.54, 1.807) is 10.6 Å². The smallest absolute Gasteiger partial charge is 0.182 e. The number of benzene rings is 2. The van der Waals surface area contributed by atoms with Crippen molar-refractivity contribution in [3.63, 3.8) is 0 Å². The van der Waals surface area contributed by atoms with E-state index in [1.807, 2.05) is 31.2 Å². The van der Waals surface area contributed by atoms with Crippen LogP contribution in [0, 0.1) is 17.5 Å². The number of halogens is 2. The van der Waals surface area contributed by atoms with Crippen LogP contribution in [0.1, 0.15) is 5.56 Å². The molecule has 0 spiro atoms. The van der Waals surface area contributed by atoms with Gasteiger partial charge in [0.15, 0.2) is 4.77 Å². The molecule has 0 atom stereocenters. The maximum atomic E-state index is 14.1. The van der Waals surface area contributed by atoms with E-state index >= 15 is 0 Å². The van der Waals surface area contributed by atoms with Gasteiger partial charge in [0.1, 0.15) is 5.82 Å². The summed E-state index contributed by atoms with van der Waals surface area (Å²) in [4.78, 5) is 3.09. The average molecular weight is 337 g/mol. The molecule has 0 amide bonds. The zero-order valence-corrected chi connectivity index (χ0v) is 12.5. The molecule has 3 rings (SSSR count). The van der Waals surface area contributed by atoms with E-state index in [1.165, 1.54) is 6.07 Å². The summed E-state index contributed by atoms with van der Waals surface area (Å²) < 4.78 is 17.3. The van der Waals surface area contributed by atoms with Crippen molar-refractivity contribution in [2.24, 2.45) is 0 Å². The van der Waals surface area contributed by atoms with Gasteiger partial charge in [-0.2, -0.15) is 0 Å². The van der Waals surface area contributed by atoms with Crippen molar-refractivity contribution in [1.29, 1.82) is 0 Å². The van der Waals surface area contributed by atoms with Crippen LogP contribution in [-0.4, -0.2) is 9.55 Å². The second kappa shape index (κ2) is 4.58. The van der Waals surface area contributed by atoms with Gasteiger partial charge in [-0.05, 0) is 55.0 Å². The summed E-state index contributed by atoms with van der Waals surface area (Å²) in [5, 5.41) is 0. The van der Waals surface area contributed by atoms with Crippen LogP contribution in [0.3, 0.4) is 0 Å². The molecular formula is C14H10BrFN2S. The third kappa shape index (κ3) is 2.13. The average Bonchev–Trinajstić information content (AvgIpc) is 2.65. The van der Waals surface area contributed by atoms with Crippen LogP contribution >= 0.6 is 28.1 Å². The molecule has 1 aromatic heterocycles. The monoisotopic (exact) mass is 336 g/mol. The molecule has 0 bridgehead atoms. The number of imidazole rings is 1. The molecule has 0 aliphatic heterocycles. The first-order valence-corrected chi connectivity index (χ1v) is 6.93. The molecule has 0 saturated heterocycles. The SMILES string of the molecule is Cc1ccc(-n2c(=S)[nH]c3cc(Br)ccc32)c(F)c1. The third-order valence-electron chi connectivity index (χ3n) is 2.99. The molecule has 0 aliphatic carbocycles. The standard InChI is InChI=1S/C14H10BrFN2S/c1-8-2-4-12(10(16)6-8)18-13-5-3-9(15)7-11(13)17-14(18)19/h2-7H,1H3,(H,17,19). The second-order valence-corrected chi connectivity index (χ2v) is 5.68. The number of fused-ring (bicyclic) bond motifs is 1. The molecule has 0 aliphatic rings. The van der Waals surface area contributed by atoms with Crippen molar-refractivity contribution in [3.8, 4) is 5.69 Å². The number of hydrogen-bond acceptors (Lipinski definition) is 1. The molecule has 0 fully saturated rings. The van der Waals surface area contributed by atoms with E-state index in [9.17, 15) is 4.39 Å². The van der Waals surface area contributed by atoms with Crippen molar-refractivity contribution >= 4 is 39.2 Å². The summed E-state index contributed by atoms with van der Waals surface area (Å²) in [6.07, 6.45) is 0. The molecular weight excluding hydrogens is 327 g/mol. The first-order valence-electron chi connectivity index (χ1n) is 5.73. The summed E-state index contributed by atoms with van der Waals surface area (Å²) in [7, 11) is 0. The first-order chi connectivity index (χ1) is 9.06. The van der Waals surface area contributed by atoms with Crippen LogP contribution in [0.15, 0.2) is 40.9 Å². The Kier molecular flexibility index (Phi) is 3.03. The fourth-order valence-corrected chi connectivity index (χ4v) is 2.78. The van der Waals surface area contributed by atoms with Gasteiger partial charge in [0, 0.05) is 4.47 Å². The maximum absolute atomic E-state index is 14.1. The number of H-pyrrole nitrogens is 1. The van der Waals surface area contributed by atoms with E-state index in [4.69, 9.17) is 12.2 Å². The maximum Gasteiger partial charge on any atom is 0.182 e. The van der Waals surface area contributed by atoms with E-state index in [0.29, 0.717) is 10.5 Å². The first kappa shape index (κ1) is 12.6. The largest absolute Gasteiger partial charge is 0.330 e. The van der Waals surface area contributed by atoms with Crippen molar-refractivity contribution in [1.82, 2.24) is 9.55 Å². The third-order valence-corrected chi connectivity index (χ3v) is 3.77.